The minimum atomic E-state index is 0.0283. The summed E-state index contributed by atoms with van der Waals surface area (Å²) in [5, 5.41) is 0. The molecule has 1 aromatic carbocycles. The Labute approximate surface area is 117 Å². The SMILES string of the molecule is CCOc1cc(CN)cc(Br)c1OCC(C)OC. The van der Waals surface area contributed by atoms with Gasteiger partial charge < -0.3 is 19.9 Å². The molecule has 1 atom stereocenters. The van der Waals surface area contributed by atoms with E-state index in [4.69, 9.17) is 19.9 Å². The Kier molecular flexibility index (Phi) is 6.46. The van der Waals surface area contributed by atoms with Crippen LogP contribution in [0.4, 0.5) is 0 Å². The molecule has 18 heavy (non-hydrogen) atoms. The van der Waals surface area contributed by atoms with E-state index in [0.29, 0.717) is 31.3 Å². The van der Waals surface area contributed by atoms with Crippen LogP contribution < -0.4 is 15.2 Å². The third-order valence-electron chi connectivity index (χ3n) is 2.47. The van der Waals surface area contributed by atoms with Crippen molar-refractivity contribution in [2.24, 2.45) is 5.73 Å². The second kappa shape index (κ2) is 7.61. The van der Waals surface area contributed by atoms with Crippen LogP contribution in [0.1, 0.15) is 19.4 Å². The van der Waals surface area contributed by atoms with Gasteiger partial charge >= 0.3 is 0 Å². The first-order chi connectivity index (χ1) is 8.62. The monoisotopic (exact) mass is 317 g/mol. The van der Waals surface area contributed by atoms with E-state index in [1.807, 2.05) is 26.0 Å². The van der Waals surface area contributed by atoms with Crippen molar-refractivity contribution in [1.82, 2.24) is 0 Å². The van der Waals surface area contributed by atoms with Crippen LogP contribution in [-0.4, -0.2) is 26.4 Å². The maximum atomic E-state index is 5.73. The number of rotatable bonds is 7. The topological polar surface area (TPSA) is 53.7 Å². The Morgan fingerprint density at radius 2 is 2.06 bits per heavy atom. The fourth-order valence-electron chi connectivity index (χ4n) is 1.41. The Morgan fingerprint density at radius 1 is 1.33 bits per heavy atom. The van der Waals surface area contributed by atoms with Crippen LogP contribution in [0.2, 0.25) is 0 Å². The van der Waals surface area contributed by atoms with Crippen LogP contribution in [0.25, 0.3) is 0 Å². The highest BCUT2D eigenvalue weighted by Crippen LogP contribution is 2.37. The number of nitrogens with two attached hydrogens (primary N) is 1. The van der Waals surface area contributed by atoms with Gasteiger partial charge in [0.15, 0.2) is 11.5 Å². The predicted molar refractivity (Wildman–Crippen MR) is 75.2 cm³/mol. The van der Waals surface area contributed by atoms with Crippen molar-refractivity contribution in [2.75, 3.05) is 20.3 Å². The molecule has 0 spiro atoms. The lowest BCUT2D eigenvalue weighted by Gasteiger charge is -2.17. The molecule has 1 rings (SSSR count). The van der Waals surface area contributed by atoms with E-state index in [1.165, 1.54) is 0 Å². The van der Waals surface area contributed by atoms with Crippen molar-refractivity contribution in [3.05, 3.63) is 22.2 Å². The zero-order valence-electron chi connectivity index (χ0n) is 11.0. The summed E-state index contributed by atoms with van der Waals surface area (Å²) in [6, 6.07) is 3.84. The van der Waals surface area contributed by atoms with Crippen LogP contribution in [0.3, 0.4) is 0 Å². The first kappa shape index (κ1) is 15.3. The third kappa shape index (κ3) is 4.15. The second-order valence-corrected chi connectivity index (χ2v) is 4.75. The maximum absolute atomic E-state index is 5.73. The van der Waals surface area contributed by atoms with Gasteiger partial charge in [-0.2, -0.15) is 0 Å². The van der Waals surface area contributed by atoms with Gasteiger partial charge in [-0.15, -0.1) is 0 Å². The summed E-state index contributed by atoms with van der Waals surface area (Å²) in [5.41, 5.74) is 6.64. The molecule has 0 aromatic heterocycles. The Hall–Kier alpha value is -0.780. The molecule has 2 N–H and O–H groups in total. The molecule has 0 aliphatic rings. The summed E-state index contributed by atoms with van der Waals surface area (Å²) >= 11 is 3.48. The fourth-order valence-corrected chi connectivity index (χ4v) is 2.01. The smallest absolute Gasteiger partial charge is 0.175 e. The summed E-state index contributed by atoms with van der Waals surface area (Å²) in [6.45, 7) is 5.40. The van der Waals surface area contributed by atoms with Gasteiger partial charge in [0.2, 0.25) is 0 Å². The standard InChI is InChI=1S/C13H20BrNO3/c1-4-17-12-6-10(7-15)5-11(14)13(12)18-8-9(2)16-3/h5-6,9H,4,7-8,15H2,1-3H3. The normalized spacial score (nSPS) is 12.3. The molecule has 0 saturated heterocycles. The summed E-state index contributed by atoms with van der Waals surface area (Å²) in [5.74, 6) is 1.40. The fraction of sp³-hybridized carbons (Fsp3) is 0.538. The molecule has 4 nitrogen and oxygen atoms in total. The number of hydrogen-bond donors (Lipinski definition) is 1. The average molecular weight is 318 g/mol. The molecule has 5 heteroatoms. The number of benzene rings is 1. The summed E-state index contributed by atoms with van der Waals surface area (Å²) < 4.78 is 17.3. The summed E-state index contributed by atoms with van der Waals surface area (Å²) in [7, 11) is 1.66. The average Bonchev–Trinajstić information content (AvgIpc) is 2.37. The Bertz CT molecular complexity index is 385. The third-order valence-corrected chi connectivity index (χ3v) is 3.06. The number of hydrogen-bond acceptors (Lipinski definition) is 4. The van der Waals surface area contributed by atoms with Crippen molar-refractivity contribution in [3.8, 4) is 11.5 Å². The van der Waals surface area contributed by atoms with E-state index in [2.05, 4.69) is 15.9 Å². The summed E-state index contributed by atoms with van der Waals surface area (Å²) in [4.78, 5) is 0. The molecular weight excluding hydrogens is 298 g/mol. The molecule has 0 radical (unpaired) electrons. The lowest BCUT2D eigenvalue weighted by Crippen LogP contribution is -2.16. The van der Waals surface area contributed by atoms with Gasteiger partial charge in [-0.3, -0.25) is 0 Å². The molecule has 0 bridgehead atoms. The van der Waals surface area contributed by atoms with Crippen LogP contribution in [-0.2, 0) is 11.3 Å². The van der Waals surface area contributed by atoms with Crippen molar-refractivity contribution < 1.29 is 14.2 Å². The van der Waals surface area contributed by atoms with Crippen LogP contribution in [0, 0.1) is 0 Å². The molecule has 0 amide bonds. The molecule has 102 valence electrons. The number of methoxy groups -OCH3 is 1. The molecule has 0 heterocycles. The van der Waals surface area contributed by atoms with Crippen LogP contribution >= 0.6 is 15.9 Å². The Balaban J connectivity index is 2.92. The maximum Gasteiger partial charge on any atom is 0.175 e. The van der Waals surface area contributed by atoms with Crippen molar-refractivity contribution >= 4 is 15.9 Å². The molecule has 0 saturated carbocycles. The molecule has 1 aromatic rings. The minimum absolute atomic E-state index is 0.0283. The predicted octanol–water partition coefficient (Wildman–Crippen LogP) is 2.72. The molecule has 0 fully saturated rings. The van der Waals surface area contributed by atoms with Gasteiger partial charge in [0, 0.05) is 13.7 Å². The van der Waals surface area contributed by atoms with Crippen molar-refractivity contribution in [2.45, 2.75) is 26.5 Å². The first-order valence-electron chi connectivity index (χ1n) is 5.93. The highest BCUT2D eigenvalue weighted by atomic mass is 79.9. The quantitative estimate of drug-likeness (QED) is 0.840. The van der Waals surface area contributed by atoms with Gasteiger partial charge in [-0.1, -0.05) is 0 Å². The molecular formula is C13H20BrNO3. The lowest BCUT2D eigenvalue weighted by molar-refractivity contribution is 0.0700. The molecule has 0 aliphatic carbocycles. The Morgan fingerprint density at radius 3 is 2.61 bits per heavy atom. The molecule has 0 aliphatic heterocycles. The van der Waals surface area contributed by atoms with E-state index in [-0.39, 0.29) is 6.10 Å². The number of halogens is 1. The van der Waals surface area contributed by atoms with E-state index in [9.17, 15) is 0 Å². The zero-order valence-corrected chi connectivity index (χ0v) is 12.6. The van der Waals surface area contributed by atoms with Gasteiger partial charge in [-0.05, 0) is 47.5 Å². The second-order valence-electron chi connectivity index (χ2n) is 3.90. The van der Waals surface area contributed by atoms with Crippen molar-refractivity contribution in [3.63, 3.8) is 0 Å². The van der Waals surface area contributed by atoms with E-state index < -0.39 is 0 Å². The van der Waals surface area contributed by atoms with Gasteiger partial charge in [0.25, 0.3) is 0 Å². The van der Waals surface area contributed by atoms with Gasteiger partial charge in [0.1, 0.15) is 6.61 Å². The summed E-state index contributed by atoms with van der Waals surface area (Å²) in [6.07, 6.45) is 0.0283. The van der Waals surface area contributed by atoms with E-state index >= 15 is 0 Å². The van der Waals surface area contributed by atoms with E-state index in [0.717, 1.165) is 10.0 Å². The number of ether oxygens (including phenoxy) is 3. The first-order valence-corrected chi connectivity index (χ1v) is 6.72. The highest BCUT2D eigenvalue weighted by molar-refractivity contribution is 9.10. The highest BCUT2D eigenvalue weighted by Gasteiger charge is 2.13. The zero-order chi connectivity index (χ0) is 13.5. The molecule has 1 unspecified atom stereocenters. The van der Waals surface area contributed by atoms with E-state index in [1.54, 1.807) is 7.11 Å². The minimum Gasteiger partial charge on any atom is -0.490 e. The van der Waals surface area contributed by atoms with Crippen LogP contribution in [0.15, 0.2) is 16.6 Å². The van der Waals surface area contributed by atoms with Crippen LogP contribution in [0.5, 0.6) is 11.5 Å². The van der Waals surface area contributed by atoms with Crippen molar-refractivity contribution in [1.29, 1.82) is 0 Å². The van der Waals surface area contributed by atoms with Gasteiger partial charge in [0.05, 0.1) is 17.2 Å². The lowest BCUT2D eigenvalue weighted by atomic mass is 10.2. The van der Waals surface area contributed by atoms with Gasteiger partial charge in [-0.25, -0.2) is 0 Å². The largest absolute Gasteiger partial charge is 0.490 e.